The lowest BCUT2D eigenvalue weighted by Gasteiger charge is -2.09. The molecule has 0 radical (unpaired) electrons. The third-order valence-corrected chi connectivity index (χ3v) is 2.98. The van der Waals surface area contributed by atoms with E-state index in [-0.39, 0.29) is 0 Å². The molecule has 1 atom stereocenters. The van der Waals surface area contributed by atoms with Crippen LogP contribution in [0, 0.1) is 5.92 Å². The van der Waals surface area contributed by atoms with Crippen molar-refractivity contribution < 1.29 is 4.79 Å². The van der Waals surface area contributed by atoms with Gasteiger partial charge in [0.1, 0.15) is 0 Å². The third-order valence-electron chi connectivity index (χ3n) is 2.98. The molecule has 1 aliphatic rings. The molecular weight excluding hydrogens is 172 g/mol. The van der Waals surface area contributed by atoms with Gasteiger partial charge in [-0.15, -0.1) is 0 Å². The molecule has 0 heterocycles. The van der Waals surface area contributed by atoms with E-state index in [2.05, 4.69) is 13.0 Å². The second-order valence-electron chi connectivity index (χ2n) is 4.33. The van der Waals surface area contributed by atoms with Crippen LogP contribution in [0.2, 0.25) is 0 Å². The molecule has 14 heavy (non-hydrogen) atoms. The van der Waals surface area contributed by atoms with Gasteiger partial charge in [-0.1, -0.05) is 38.7 Å². The highest BCUT2D eigenvalue weighted by atomic mass is 16.1. The van der Waals surface area contributed by atoms with Crippen molar-refractivity contribution in [2.24, 2.45) is 5.92 Å². The van der Waals surface area contributed by atoms with Crippen LogP contribution in [0.15, 0.2) is 12.2 Å². The Hall–Kier alpha value is -0.590. The molecule has 0 spiro atoms. The summed E-state index contributed by atoms with van der Waals surface area (Å²) in [6.45, 7) is 2.24. The first-order valence-corrected chi connectivity index (χ1v) is 6.04. The van der Waals surface area contributed by atoms with E-state index >= 15 is 0 Å². The standard InChI is InChI=1S/C13H22O/c1-2-3-4-5-7-12-8-6-9-13(14)11-10-12/h10-12H,2-9H2,1H3. The van der Waals surface area contributed by atoms with Gasteiger partial charge in [0.2, 0.25) is 0 Å². The normalized spacial score (nSPS) is 22.4. The summed E-state index contributed by atoms with van der Waals surface area (Å²) in [6, 6.07) is 0. The predicted octanol–water partition coefficient (Wildman–Crippen LogP) is 3.88. The Balaban J connectivity index is 2.16. The molecule has 1 rings (SSSR count). The van der Waals surface area contributed by atoms with Crippen molar-refractivity contribution in [3.05, 3.63) is 12.2 Å². The molecule has 0 saturated heterocycles. The summed E-state index contributed by atoms with van der Waals surface area (Å²) in [4.78, 5) is 11.1. The topological polar surface area (TPSA) is 17.1 Å². The first kappa shape index (κ1) is 11.5. The number of ketones is 1. The van der Waals surface area contributed by atoms with Gasteiger partial charge in [-0.2, -0.15) is 0 Å². The van der Waals surface area contributed by atoms with E-state index in [1.54, 1.807) is 6.08 Å². The van der Waals surface area contributed by atoms with Crippen LogP contribution in [-0.2, 0) is 4.79 Å². The molecule has 0 N–H and O–H groups in total. The van der Waals surface area contributed by atoms with Gasteiger partial charge in [0, 0.05) is 6.42 Å². The number of hydrogen-bond donors (Lipinski definition) is 0. The lowest BCUT2D eigenvalue weighted by molar-refractivity contribution is -0.114. The van der Waals surface area contributed by atoms with Crippen LogP contribution < -0.4 is 0 Å². The summed E-state index contributed by atoms with van der Waals surface area (Å²) < 4.78 is 0. The number of allylic oxidation sites excluding steroid dienone is 2. The van der Waals surface area contributed by atoms with Gasteiger partial charge >= 0.3 is 0 Å². The molecule has 0 aromatic heterocycles. The average Bonchev–Trinajstić information content (AvgIpc) is 2.38. The van der Waals surface area contributed by atoms with Gasteiger partial charge in [0.05, 0.1) is 0 Å². The molecule has 0 fully saturated rings. The summed E-state index contributed by atoms with van der Waals surface area (Å²) in [5.41, 5.74) is 0. The Morgan fingerprint density at radius 1 is 1.36 bits per heavy atom. The number of rotatable bonds is 5. The Morgan fingerprint density at radius 3 is 3.00 bits per heavy atom. The van der Waals surface area contributed by atoms with Crippen LogP contribution in [0.3, 0.4) is 0 Å². The first-order chi connectivity index (χ1) is 6.83. The van der Waals surface area contributed by atoms with Gasteiger partial charge in [-0.25, -0.2) is 0 Å². The molecule has 80 valence electrons. The monoisotopic (exact) mass is 194 g/mol. The van der Waals surface area contributed by atoms with Crippen LogP contribution in [0.4, 0.5) is 0 Å². The maximum absolute atomic E-state index is 11.1. The molecule has 1 nitrogen and oxygen atoms in total. The Morgan fingerprint density at radius 2 is 2.21 bits per heavy atom. The van der Waals surface area contributed by atoms with Crippen molar-refractivity contribution in [2.75, 3.05) is 0 Å². The average molecular weight is 194 g/mol. The molecule has 0 saturated carbocycles. The van der Waals surface area contributed by atoms with Crippen LogP contribution in [-0.4, -0.2) is 5.78 Å². The highest BCUT2D eigenvalue weighted by molar-refractivity contribution is 5.89. The van der Waals surface area contributed by atoms with Crippen molar-refractivity contribution in [1.29, 1.82) is 0 Å². The van der Waals surface area contributed by atoms with Crippen molar-refractivity contribution in [1.82, 2.24) is 0 Å². The van der Waals surface area contributed by atoms with E-state index < -0.39 is 0 Å². The molecular formula is C13H22O. The van der Waals surface area contributed by atoms with Crippen LogP contribution in [0.5, 0.6) is 0 Å². The molecule has 0 amide bonds. The molecule has 1 heteroatoms. The minimum atomic E-state index is 0.320. The summed E-state index contributed by atoms with van der Waals surface area (Å²) >= 11 is 0. The van der Waals surface area contributed by atoms with Crippen LogP contribution >= 0.6 is 0 Å². The molecule has 0 bridgehead atoms. The van der Waals surface area contributed by atoms with Gasteiger partial charge in [0.15, 0.2) is 5.78 Å². The van der Waals surface area contributed by atoms with Gasteiger partial charge < -0.3 is 0 Å². The van der Waals surface area contributed by atoms with Crippen LogP contribution in [0.1, 0.15) is 58.3 Å². The molecule has 1 aliphatic carbocycles. The number of unbranched alkanes of at least 4 members (excludes halogenated alkanes) is 3. The predicted molar refractivity (Wildman–Crippen MR) is 60.2 cm³/mol. The first-order valence-electron chi connectivity index (χ1n) is 6.04. The fourth-order valence-electron chi connectivity index (χ4n) is 2.04. The second kappa shape index (κ2) is 6.80. The highest BCUT2D eigenvalue weighted by Gasteiger charge is 2.10. The Bertz CT molecular complexity index is 193. The largest absolute Gasteiger partial charge is 0.295 e. The van der Waals surface area contributed by atoms with E-state index in [9.17, 15) is 4.79 Å². The van der Waals surface area contributed by atoms with Gasteiger partial charge in [-0.3, -0.25) is 4.79 Å². The maximum atomic E-state index is 11.1. The van der Waals surface area contributed by atoms with E-state index in [0.29, 0.717) is 11.7 Å². The second-order valence-corrected chi connectivity index (χ2v) is 4.33. The highest BCUT2D eigenvalue weighted by Crippen LogP contribution is 2.21. The maximum Gasteiger partial charge on any atom is 0.155 e. The molecule has 0 aromatic carbocycles. The molecule has 1 unspecified atom stereocenters. The van der Waals surface area contributed by atoms with Crippen molar-refractivity contribution in [3.8, 4) is 0 Å². The molecule has 0 aromatic rings. The zero-order valence-electron chi connectivity index (χ0n) is 9.30. The quantitative estimate of drug-likeness (QED) is 0.607. The number of carbonyl (C=O) groups excluding carboxylic acids is 1. The van der Waals surface area contributed by atoms with E-state index in [4.69, 9.17) is 0 Å². The van der Waals surface area contributed by atoms with Crippen molar-refractivity contribution in [3.63, 3.8) is 0 Å². The summed E-state index contributed by atoms with van der Waals surface area (Å²) in [6.07, 6.45) is 13.6. The zero-order chi connectivity index (χ0) is 10.2. The van der Waals surface area contributed by atoms with Crippen molar-refractivity contribution in [2.45, 2.75) is 58.3 Å². The fourth-order valence-corrected chi connectivity index (χ4v) is 2.04. The Labute approximate surface area is 87.6 Å². The minimum Gasteiger partial charge on any atom is -0.295 e. The summed E-state index contributed by atoms with van der Waals surface area (Å²) in [5.74, 6) is 0.999. The molecule has 0 aliphatic heterocycles. The lowest BCUT2D eigenvalue weighted by Crippen LogP contribution is -1.95. The smallest absolute Gasteiger partial charge is 0.155 e. The van der Waals surface area contributed by atoms with Gasteiger partial charge in [0.25, 0.3) is 0 Å². The van der Waals surface area contributed by atoms with E-state index in [1.165, 1.54) is 38.5 Å². The zero-order valence-corrected chi connectivity index (χ0v) is 9.30. The SMILES string of the molecule is CCCCCCC1C=CC(=O)CCC1. The Kier molecular flexibility index (Phi) is 5.58. The van der Waals surface area contributed by atoms with E-state index in [0.717, 1.165) is 12.8 Å². The van der Waals surface area contributed by atoms with Gasteiger partial charge in [-0.05, 0) is 31.3 Å². The third kappa shape index (κ3) is 4.59. The van der Waals surface area contributed by atoms with Crippen LogP contribution in [0.25, 0.3) is 0 Å². The minimum absolute atomic E-state index is 0.320. The number of hydrogen-bond acceptors (Lipinski definition) is 1. The fraction of sp³-hybridized carbons (Fsp3) is 0.769. The number of carbonyl (C=O) groups is 1. The summed E-state index contributed by atoms with van der Waals surface area (Å²) in [5, 5.41) is 0. The van der Waals surface area contributed by atoms with Crippen molar-refractivity contribution >= 4 is 5.78 Å². The summed E-state index contributed by atoms with van der Waals surface area (Å²) in [7, 11) is 0. The lowest BCUT2D eigenvalue weighted by atomic mass is 9.96. The van der Waals surface area contributed by atoms with E-state index in [1.807, 2.05) is 0 Å².